The summed E-state index contributed by atoms with van der Waals surface area (Å²) in [5.74, 6) is 3.25. The number of carbonyl (C=O) groups is 1. The molecule has 0 spiro atoms. The number of pyridine rings is 1. The Morgan fingerprint density at radius 2 is 1.85 bits per heavy atom. The van der Waals surface area contributed by atoms with Gasteiger partial charge in [0, 0.05) is 48.8 Å². The van der Waals surface area contributed by atoms with Gasteiger partial charge in [-0.2, -0.15) is 0 Å². The average molecular weight is 526 g/mol. The number of rotatable bonds is 8. The highest BCUT2D eigenvalue weighted by atomic mass is 16.5. The Labute approximate surface area is 227 Å². The van der Waals surface area contributed by atoms with Crippen molar-refractivity contribution >= 4 is 28.3 Å². The fraction of sp³-hybridized carbons (Fsp3) is 0.267. The molecule has 4 aromatic rings. The van der Waals surface area contributed by atoms with E-state index >= 15 is 0 Å². The van der Waals surface area contributed by atoms with E-state index in [2.05, 4.69) is 26.8 Å². The highest BCUT2D eigenvalue weighted by Crippen LogP contribution is 2.37. The van der Waals surface area contributed by atoms with Crippen molar-refractivity contribution in [3.8, 4) is 23.0 Å². The number of likely N-dealkylation sites (tertiary alicyclic amines) is 1. The molecular formula is C30H31N5O4. The van der Waals surface area contributed by atoms with Gasteiger partial charge in [-0.3, -0.25) is 9.78 Å². The number of hydrogen-bond donors (Lipinski definition) is 1. The second kappa shape index (κ2) is 11.4. The van der Waals surface area contributed by atoms with Crippen LogP contribution in [0.4, 0.5) is 11.5 Å². The number of aromatic nitrogens is 3. The van der Waals surface area contributed by atoms with Gasteiger partial charge in [0.2, 0.25) is 5.91 Å². The number of benzene rings is 2. The summed E-state index contributed by atoms with van der Waals surface area (Å²) in [6.07, 6.45) is 6.00. The van der Waals surface area contributed by atoms with Gasteiger partial charge in [0.15, 0.2) is 11.5 Å². The molecule has 0 aliphatic carbocycles. The summed E-state index contributed by atoms with van der Waals surface area (Å²) in [4.78, 5) is 26.9. The lowest BCUT2D eigenvalue weighted by Crippen LogP contribution is -2.41. The van der Waals surface area contributed by atoms with Crippen LogP contribution >= 0.6 is 0 Å². The minimum absolute atomic E-state index is 0.0369. The number of amides is 1. The van der Waals surface area contributed by atoms with E-state index in [1.807, 2.05) is 56.3 Å². The van der Waals surface area contributed by atoms with Crippen molar-refractivity contribution in [3.05, 3.63) is 78.9 Å². The smallest absolute Gasteiger partial charge is 0.245 e. The van der Waals surface area contributed by atoms with Gasteiger partial charge in [-0.25, -0.2) is 9.97 Å². The van der Waals surface area contributed by atoms with Crippen molar-refractivity contribution in [2.24, 2.45) is 0 Å². The molecule has 9 heteroatoms. The third-order valence-corrected chi connectivity index (χ3v) is 6.69. The van der Waals surface area contributed by atoms with Crippen LogP contribution in [-0.4, -0.2) is 52.1 Å². The van der Waals surface area contributed by atoms with Crippen molar-refractivity contribution in [3.63, 3.8) is 0 Å². The third-order valence-electron chi connectivity index (χ3n) is 6.69. The van der Waals surface area contributed by atoms with Crippen LogP contribution in [0.3, 0.4) is 0 Å². The molecule has 0 saturated carbocycles. The van der Waals surface area contributed by atoms with Gasteiger partial charge in [0.05, 0.1) is 18.8 Å². The van der Waals surface area contributed by atoms with Gasteiger partial charge < -0.3 is 24.4 Å². The maximum atomic E-state index is 11.9. The van der Waals surface area contributed by atoms with Crippen molar-refractivity contribution < 1.29 is 19.0 Å². The number of nitrogens with one attached hydrogen (secondary N) is 1. The molecule has 1 aliphatic rings. The van der Waals surface area contributed by atoms with Crippen molar-refractivity contribution in [2.45, 2.75) is 32.8 Å². The summed E-state index contributed by atoms with van der Waals surface area (Å²) in [6, 6.07) is 13.4. The first-order valence-electron chi connectivity index (χ1n) is 12.8. The lowest BCUT2D eigenvalue weighted by atomic mass is 10.1. The highest BCUT2D eigenvalue weighted by molar-refractivity contribution is 5.93. The molecule has 1 saturated heterocycles. The Balaban J connectivity index is 1.35. The first-order chi connectivity index (χ1) is 18.9. The van der Waals surface area contributed by atoms with Crippen LogP contribution in [0.2, 0.25) is 0 Å². The monoisotopic (exact) mass is 525 g/mol. The number of fused-ring (bicyclic) bond motifs is 1. The zero-order chi connectivity index (χ0) is 27.4. The summed E-state index contributed by atoms with van der Waals surface area (Å²) in [5.41, 5.74) is 3.49. The van der Waals surface area contributed by atoms with E-state index in [1.54, 1.807) is 18.2 Å². The van der Waals surface area contributed by atoms with E-state index in [0.717, 1.165) is 46.4 Å². The number of aryl methyl sites for hydroxylation is 2. The second-order valence-electron chi connectivity index (χ2n) is 9.43. The molecule has 0 radical (unpaired) electrons. The van der Waals surface area contributed by atoms with E-state index in [0.29, 0.717) is 36.2 Å². The predicted octanol–water partition coefficient (Wildman–Crippen LogP) is 5.74. The average Bonchev–Trinajstić information content (AvgIpc) is 2.95. The fourth-order valence-electron chi connectivity index (χ4n) is 4.54. The predicted molar refractivity (Wildman–Crippen MR) is 150 cm³/mol. The minimum atomic E-state index is -0.0495. The topological polar surface area (TPSA) is 98.7 Å². The van der Waals surface area contributed by atoms with Crippen LogP contribution in [0.5, 0.6) is 23.0 Å². The summed E-state index contributed by atoms with van der Waals surface area (Å²) >= 11 is 0. The molecular weight excluding hydrogens is 494 g/mol. The molecule has 5 rings (SSSR count). The van der Waals surface area contributed by atoms with E-state index in [4.69, 9.17) is 14.2 Å². The quantitative estimate of drug-likeness (QED) is 0.291. The Morgan fingerprint density at radius 1 is 1.03 bits per heavy atom. The highest BCUT2D eigenvalue weighted by Gasteiger charge is 2.24. The Kier molecular flexibility index (Phi) is 7.58. The number of methoxy groups -OCH3 is 1. The molecule has 1 aliphatic heterocycles. The minimum Gasteiger partial charge on any atom is -0.493 e. The summed E-state index contributed by atoms with van der Waals surface area (Å²) in [7, 11) is 1.61. The summed E-state index contributed by atoms with van der Waals surface area (Å²) < 4.78 is 18.0. The lowest BCUT2D eigenvalue weighted by Gasteiger charge is -2.31. The van der Waals surface area contributed by atoms with Crippen molar-refractivity contribution in [2.75, 3.05) is 25.5 Å². The number of hydrogen-bond acceptors (Lipinski definition) is 8. The third kappa shape index (κ3) is 5.93. The zero-order valence-corrected chi connectivity index (χ0v) is 22.3. The Morgan fingerprint density at radius 3 is 2.54 bits per heavy atom. The number of anilines is 2. The van der Waals surface area contributed by atoms with E-state index in [9.17, 15) is 4.79 Å². The first-order valence-corrected chi connectivity index (χ1v) is 12.8. The van der Waals surface area contributed by atoms with Gasteiger partial charge >= 0.3 is 0 Å². The van der Waals surface area contributed by atoms with E-state index in [-0.39, 0.29) is 12.0 Å². The van der Waals surface area contributed by atoms with Crippen molar-refractivity contribution in [1.29, 1.82) is 0 Å². The Bertz CT molecular complexity index is 1500. The largest absolute Gasteiger partial charge is 0.493 e. The molecule has 1 amide bonds. The molecule has 0 unspecified atom stereocenters. The Hall–Kier alpha value is -4.66. The van der Waals surface area contributed by atoms with Crippen LogP contribution in [0.15, 0.2) is 67.6 Å². The number of carbonyl (C=O) groups excluding carboxylic acids is 1. The van der Waals surface area contributed by atoms with Gasteiger partial charge in [0.1, 0.15) is 29.7 Å². The number of ether oxygens (including phenoxy) is 3. The van der Waals surface area contributed by atoms with E-state index < -0.39 is 0 Å². The van der Waals surface area contributed by atoms with Gasteiger partial charge in [-0.15, -0.1) is 0 Å². The standard InChI is InChI=1S/C30H31N5O4/c1-5-29(36)35-12-10-22(11-13-35)38-28-15-24-25(16-27(28)37-4)32-18-33-30(24)34-21-7-9-26(19(2)14-21)39-23-8-6-20(3)31-17-23/h5-9,14-18,22H,1,10-13H2,2-4H3,(H,32,33,34). The van der Waals surface area contributed by atoms with E-state index in [1.165, 1.54) is 12.4 Å². The molecule has 2 aromatic heterocycles. The molecule has 0 bridgehead atoms. The van der Waals surface area contributed by atoms with Crippen LogP contribution < -0.4 is 19.5 Å². The molecule has 3 heterocycles. The lowest BCUT2D eigenvalue weighted by molar-refractivity contribution is -0.127. The molecule has 39 heavy (non-hydrogen) atoms. The normalized spacial score (nSPS) is 13.7. The van der Waals surface area contributed by atoms with Gasteiger partial charge in [-0.05, 0) is 61.9 Å². The maximum Gasteiger partial charge on any atom is 0.245 e. The van der Waals surface area contributed by atoms with Gasteiger partial charge in [0.25, 0.3) is 0 Å². The first kappa shape index (κ1) is 26.0. The molecule has 200 valence electrons. The summed E-state index contributed by atoms with van der Waals surface area (Å²) in [5, 5.41) is 4.21. The number of piperidine rings is 1. The molecule has 2 aromatic carbocycles. The van der Waals surface area contributed by atoms with Gasteiger partial charge in [-0.1, -0.05) is 6.58 Å². The van der Waals surface area contributed by atoms with Crippen LogP contribution in [0, 0.1) is 13.8 Å². The van der Waals surface area contributed by atoms with Crippen LogP contribution in [-0.2, 0) is 4.79 Å². The molecule has 1 fully saturated rings. The fourth-order valence-corrected chi connectivity index (χ4v) is 4.54. The van der Waals surface area contributed by atoms with Crippen molar-refractivity contribution in [1.82, 2.24) is 19.9 Å². The number of nitrogens with zero attached hydrogens (tertiary/aromatic N) is 4. The molecule has 9 nitrogen and oxygen atoms in total. The zero-order valence-electron chi connectivity index (χ0n) is 22.3. The van der Waals surface area contributed by atoms with Crippen LogP contribution in [0.1, 0.15) is 24.1 Å². The molecule has 0 atom stereocenters. The maximum absolute atomic E-state index is 11.9. The molecule has 1 N–H and O–H groups in total. The SMILES string of the molecule is C=CC(=O)N1CCC(Oc2cc3c(Nc4ccc(Oc5ccc(C)nc5)c(C)c4)ncnc3cc2OC)CC1. The van der Waals surface area contributed by atoms with Crippen LogP contribution in [0.25, 0.3) is 10.9 Å². The second-order valence-corrected chi connectivity index (χ2v) is 9.43. The summed E-state index contributed by atoms with van der Waals surface area (Å²) in [6.45, 7) is 8.76.